The van der Waals surface area contributed by atoms with Gasteiger partial charge in [-0.3, -0.25) is 4.55 Å². The van der Waals surface area contributed by atoms with E-state index in [0.717, 1.165) is 12.0 Å². The minimum atomic E-state index is -4.19. The van der Waals surface area contributed by atoms with Crippen LogP contribution in [-0.4, -0.2) is 42.5 Å². The molecule has 0 aliphatic rings. The SMILES string of the molecule is C=C(c1ccc(CC(C)C)cc1)S(=O)(=O)O.[NaH]. The Hall–Kier alpha value is -0.130. The van der Waals surface area contributed by atoms with Gasteiger partial charge in [0.2, 0.25) is 0 Å². The van der Waals surface area contributed by atoms with Crippen LogP contribution in [0.5, 0.6) is 0 Å². The second-order valence-electron chi connectivity index (χ2n) is 4.19. The van der Waals surface area contributed by atoms with Gasteiger partial charge in [0, 0.05) is 0 Å². The van der Waals surface area contributed by atoms with Gasteiger partial charge in [-0.15, -0.1) is 0 Å². The molecule has 0 heterocycles. The van der Waals surface area contributed by atoms with Crippen LogP contribution in [-0.2, 0) is 16.5 Å². The van der Waals surface area contributed by atoms with Crippen molar-refractivity contribution in [2.45, 2.75) is 20.3 Å². The molecule has 0 radical (unpaired) electrons. The molecule has 90 valence electrons. The Balaban J connectivity index is 0.00000256. The van der Waals surface area contributed by atoms with Crippen LogP contribution in [0.1, 0.15) is 25.0 Å². The number of benzene rings is 1. The van der Waals surface area contributed by atoms with Gasteiger partial charge >= 0.3 is 29.6 Å². The topological polar surface area (TPSA) is 54.4 Å². The van der Waals surface area contributed by atoms with Crippen LogP contribution in [0.15, 0.2) is 30.8 Å². The van der Waals surface area contributed by atoms with E-state index in [2.05, 4.69) is 20.4 Å². The third kappa shape index (κ3) is 5.36. The first-order valence-electron chi connectivity index (χ1n) is 5.06. The fraction of sp³-hybridized carbons (Fsp3) is 0.333. The van der Waals surface area contributed by atoms with Gasteiger partial charge in [-0.2, -0.15) is 8.42 Å². The van der Waals surface area contributed by atoms with E-state index in [1.165, 1.54) is 0 Å². The van der Waals surface area contributed by atoms with Gasteiger partial charge in [0.1, 0.15) is 0 Å². The van der Waals surface area contributed by atoms with Crippen molar-refractivity contribution in [3.63, 3.8) is 0 Å². The fourth-order valence-corrected chi connectivity index (χ4v) is 1.88. The van der Waals surface area contributed by atoms with Crippen molar-refractivity contribution in [3.05, 3.63) is 42.0 Å². The summed E-state index contributed by atoms with van der Waals surface area (Å²) in [4.78, 5) is -0.261. The van der Waals surface area contributed by atoms with Gasteiger partial charge in [-0.25, -0.2) is 0 Å². The number of hydrogen-bond donors (Lipinski definition) is 1. The van der Waals surface area contributed by atoms with Gasteiger partial charge in [-0.05, 0) is 23.5 Å². The molecule has 1 aromatic rings. The van der Waals surface area contributed by atoms with Gasteiger partial charge < -0.3 is 0 Å². The fourth-order valence-electron chi connectivity index (χ4n) is 1.45. The summed E-state index contributed by atoms with van der Waals surface area (Å²) in [6.07, 6.45) is 0.943. The van der Waals surface area contributed by atoms with Gasteiger partial charge in [0.15, 0.2) is 0 Å². The Morgan fingerprint density at radius 3 is 2.12 bits per heavy atom. The van der Waals surface area contributed by atoms with Crippen molar-refractivity contribution in [1.82, 2.24) is 0 Å². The Morgan fingerprint density at radius 2 is 1.76 bits per heavy atom. The maximum absolute atomic E-state index is 10.9. The second-order valence-corrected chi connectivity index (χ2v) is 5.64. The van der Waals surface area contributed by atoms with E-state index in [1.54, 1.807) is 12.1 Å². The monoisotopic (exact) mass is 264 g/mol. The van der Waals surface area contributed by atoms with Crippen molar-refractivity contribution in [2.24, 2.45) is 5.92 Å². The summed E-state index contributed by atoms with van der Waals surface area (Å²) >= 11 is 0. The van der Waals surface area contributed by atoms with E-state index < -0.39 is 10.1 Å². The molecule has 0 fully saturated rings. The standard InChI is InChI=1S/C12H16O3S.Na.H/c1-9(2)8-11-4-6-12(7-5-11)10(3)16(13,14)15;;/h4-7,9H,3,8H2,1-2H3,(H,13,14,15);;. The van der Waals surface area contributed by atoms with Gasteiger partial charge in [-0.1, -0.05) is 44.7 Å². The second kappa shape index (κ2) is 6.71. The summed E-state index contributed by atoms with van der Waals surface area (Å²) in [6.45, 7) is 7.58. The third-order valence-corrected chi connectivity index (χ3v) is 3.09. The molecule has 0 saturated heterocycles. The molecule has 0 aromatic heterocycles. The van der Waals surface area contributed by atoms with Crippen LogP contribution in [0.2, 0.25) is 0 Å². The molecule has 0 atom stereocenters. The van der Waals surface area contributed by atoms with Crippen molar-refractivity contribution in [2.75, 3.05) is 0 Å². The van der Waals surface area contributed by atoms with Crippen molar-refractivity contribution < 1.29 is 13.0 Å². The summed E-state index contributed by atoms with van der Waals surface area (Å²) in [7, 11) is -4.19. The molecule has 0 aliphatic heterocycles. The molecule has 3 nitrogen and oxygen atoms in total. The zero-order valence-electron chi connectivity index (χ0n) is 9.47. The predicted molar refractivity (Wildman–Crippen MR) is 72.7 cm³/mol. The number of hydrogen-bond acceptors (Lipinski definition) is 2. The third-order valence-electron chi connectivity index (χ3n) is 2.23. The molecule has 1 rings (SSSR count). The van der Waals surface area contributed by atoms with E-state index in [9.17, 15) is 8.42 Å². The normalized spacial score (nSPS) is 11.1. The molecule has 5 heteroatoms. The quantitative estimate of drug-likeness (QED) is 0.669. The predicted octanol–water partition coefficient (Wildman–Crippen LogP) is 2.10. The zero-order valence-corrected chi connectivity index (χ0v) is 10.3. The molecular formula is C12H17NaO3S. The molecule has 0 spiro atoms. The summed E-state index contributed by atoms with van der Waals surface area (Å²) < 4.78 is 30.5. The molecule has 1 N–H and O–H groups in total. The molecule has 0 amide bonds. The van der Waals surface area contributed by atoms with E-state index in [-0.39, 0.29) is 34.5 Å². The summed E-state index contributed by atoms with van der Waals surface area (Å²) in [5.74, 6) is 0.552. The minimum absolute atomic E-state index is 0. The van der Waals surface area contributed by atoms with Crippen LogP contribution in [0.4, 0.5) is 0 Å². The average Bonchev–Trinajstić information content (AvgIpc) is 2.15. The first kappa shape index (κ1) is 16.9. The van der Waals surface area contributed by atoms with Crippen molar-refractivity contribution >= 4 is 44.6 Å². The maximum atomic E-state index is 10.9. The van der Waals surface area contributed by atoms with E-state index in [1.807, 2.05) is 12.1 Å². The first-order chi connectivity index (χ1) is 7.30. The zero-order chi connectivity index (χ0) is 12.3. The molecule has 17 heavy (non-hydrogen) atoms. The molecule has 1 aromatic carbocycles. The molecule has 0 unspecified atom stereocenters. The summed E-state index contributed by atoms with van der Waals surface area (Å²) in [5, 5.41) is 0. The molecule has 0 aliphatic carbocycles. The summed E-state index contributed by atoms with van der Waals surface area (Å²) in [5.41, 5.74) is 1.57. The molecule has 0 saturated carbocycles. The van der Waals surface area contributed by atoms with E-state index in [4.69, 9.17) is 4.55 Å². The van der Waals surface area contributed by atoms with Crippen molar-refractivity contribution in [1.29, 1.82) is 0 Å². The van der Waals surface area contributed by atoms with Crippen LogP contribution in [0.25, 0.3) is 4.91 Å². The molecular weight excluding hydrogens is 247 g/mol. The Labute approximate surface area is 125 Å². The Kier molecular flexibility index (Phi) is 6.66. The van der Waals surface area contributed by atoms with Crippen LogP contribution in [0, 0.1) is 5.92 Å². The molecule has 0 bridgehead atoms. The number of rotatable bonds is 4. The van der Waals surface area contributed by atoms with Crippen LogP contribution in [0.3, 0.4) is 0 Å². The van der Waals surface area contributed by atoms with Crippen molar-refractivity contribution in [3.8, 4) is 0 Å². The van der Waals surface area contributed by atoms with E-state index >= 15 is 0 Å². The first-order valence-corrected chi connectivity index (χ1v) is 6.50. The Morgan fingerprint density at radius 1 is 1.29 bits per heavy atom. The average molecular weight is 264 g/mol. The Bertz CT molecular complexity index is 475. The summed E-state index contributed by atoms with van der Waals surface area (Å²) in [6, 6.07) is 7.03. The van der Waals surface area contributed by atoms with Gasteiger partial charge in [0.05, 0.1) is 4.91 Å². The van der Waals surface area contributed by atoms with E-state index in [0.29, 0.717) is 11.5 Å². The van der Waals surface area contributed by atoms with Crippen LogP contribution < -0.4 is 0 Å². The van der Waals surface area contributed by atoms with Crippen LogP contribution >= 0.6 is 0 Å². The van der Waals surface area contributed by atoms with Gasteiger partial charge in [0.25, 0.3) is 10.1 Å².